The topological polar surface area (TPSA) is 66.9 Å². The van der Waals surface area contributed by atoms with Gasteiger partial charge >= 0.3 is 0 Å². The van der Waals surface area contributed by atoms with Gasteiger partial charge in [0.2, 0.25) is 5.95 Å². The highest BCUT2D eigenvalue weighted by atomic mass is 19.1. The first-order chi connectivity index (χ1) is 12.5. The lowest BCUT2D eigenvalue weighted by molar-refractivity contribution is 0.0934. The van der Waals surface area contributed by atoms with Crippen LogP contribution in [0.4, 0.5) is 16.0 Å². The molecular weight excluding hydrogens is 331 g/mol. The molecule has 1 unspecified atom stereocenters. The van der Waals surface area contributed by atoms with E-state index < -0.39 is 0 Å². The lowest BCUT2D eigenvalue weighted by Gasteiger charge is -2.14. The van der Waals surface area contributed by atoms with E-state index in [1.54, 1.807) is 25.1 Å². The van der Waals surface area contributed by atoms with Crippen LogP contribution in [-0.2, 0) is 0 Å². The molecule has 0 aliphatic carbocycles. The molecule has 0 fully saturated rings. The number of aromatic nitrogens is 2. The van der Waals surface area contributed by atoms with Gasteiger partial charge in [-0.1, -0.05) is 30.3 Å². The predicted octanol–water partition coefficient (Wildman–Crippen LogP) is 4.16. The third-order valence-electron chi connectivity index (χ3n) is 3.83. The Morgan fingerprint density at radius 1 is 1.04 bits per heavy atom. The second-order valence-electron chi connectivity index (χ2n) is 5.96. The number of aryl methyl sites for hydroxylation is 1. The van der Waals surface area contributed by atoms with E-state index in [1.807, 2.05) is 37.3 Å². The van der Waals surface area contributed by atoms with Crippen molar-refractivity contribution in [2.24, 2.45) is 0 Å². The first-order valence-electron chi connectivity index (χ1n) is 8.25. The number of benzene rings is 2. The molecule has 1 aromatic heterocycles. The SMILES string of the molecule is Cc1cc(C(=O)NC(C)c2ccccc2)nc(Nc2ccc(F)cc2)n1. The molecule has 0 aliphatic rings. The zero-order valence-corrected chi connectivity index (χ0v) is 14.5. The number of rotatable bonds is 5. The average Bonchev–Trinajstić information content (AvgIpc) is 2.64. The van der Waals surface area contributed by atoms with Crippen LogP contribution in [0.1, 0.15) is 34.7 Å². The van der Waals surface area contributed by atoms with Crippen molar-refractivity contribution < 1.29 is 9.18 Å². The van der Waals surface area contributed by atoms with Crippen molar-refractivity contribution in [3.8, 4) is 0 Å². The van der Waals surface area contributed by atoms with Crippen molar-refractivity contribution in [3.05, 3.63) is 83.4 Å². The molecule has 0 bridgehead atoms. The van der Waals surface area contributed by atoms with Crippen molar-refractivity contribution in [1.29, 1.82) is 0 Å². The highest BCUT2D eigenvalue weighted by Gasteiger charge is 2.14. The van der Waals surface area contributed by atoms with Gasteiger partial charge in [0, 0.05) is 11.4 Å². The molecule has 2 aromatic carbocycles. The molecule has 26 heavy (non-hydrogen) atoms. The zero-order valence-electron chi connectivity index (χ0n) is 14.5. The van der Waals surface area contributed by atoms with Crippen LogP contribution in [0.2, 0.25) is 0 Å². The van der Waals surface area contributed by atoms with Gasteiger partial charge in [0.15, 0.2) is 0 Å². The number of carbonyl (C=O) groups excluding carboxylic acids is 1. The fourth-order valence-corrected chi connectivity index (χ4v) is 2.50. The van der Waals surface area contributed by atoms with Crippen LogP contribution in [0.25, 0.3) is 0 Å². The summed E-state index contributed by atoms with van der Waals surface area (Å²) in [6.07, 6.45) is 0. The van der Waals surface area contributed by atoms with Gasteiger partial charge in [-0.2, -0.15) is 0 Å². The Kier molecular flexibility index (Phi) is 5.22. The van der Waals surface area contributed by atoms with Gasteiger partial charge in [0.1, 0.15) is 11.5 Å². The monoisotopic (exact) mass is 350 g/mol. The predicted molar refractivity (Wildman–Crippen MR) is 98.8 cm³/mol. The van der Waals surface area contributed by atoms with Crippen LogP contribution in [0.5, 0.6) is 0 Å². The number of carbonyl (C=O) groups is 1. The summed E-state index contributed by atoms with van der Waals surface area (Å²) in [5.41, 5.74) is 2.57. The van der Waals surface area contributed by atoms with Gasteiger partial charge in [0.25, 0.3) is 5.91 Å². The maximum Gasteiger partial charge on any atom is 0.270 e. The number of anilines is 2. The summed E-state index contributed by atoms with van der Waals surface area (Å²) in [7, 11) is 0. The van der Waals surface area contributed by atoms with E-state index >= 15 is 0 Å². The van der Waals surface area contributed by atoms with Gasteiger partial charge in [-0.05, 0) is 49.7 Å². The molecule has 0 aliphatic heterocycles. The van der Waals surface area contributed by atoms with E-state index in [1.165, 1.54) is 12.1 Å². The van der Waals surface area contributed by atoms with Crippen molar-refractivity contribution in [1.82, 2.24) is 15.3 Å². The summed E-state index contributed by atoms with van der Waals surface area (Å²) in [6.45, 7) is 3.70. The summed E-state index contributed by atoms with van der Waals surface area (Å²) in [5, 5.41) is 5.91. The second kappa shape index (κ2) is 7.74. The van der Waals surface area contributed by atoms with E-state index in [0.29, 0.717) is 11.4 Å². The molecule has 6 heteroatoms. The van der Waals surface area contributed by atoms with E-state index in [2.05, 4.69) is 20.6 Å². The van der Waals surface area contributed by atoms with E-state index in [-0.39, 0.29) is 29.4 Å². The zero-order chi connectivity index (χ0) is 18.5. The van der Waals surface area contributed by atoms with Crippen LogP contribution in [0.3, 0.4) is 0 Å². The van der Waals surface area contributed by atoms with Gasteiger partial charge < -0.3 is 10.6 Å². The molecule has 1 heterocycles. The minimum absolute atomic E-state index is 0.146. The molecule has 132 valence electrons. The highest BCUT2D eigenvalue weighted by Crippen LogP contribution is 2.16. The van der Waals surface area contributed by atoms with Gasteiger partial charge in [-0.15, -0.1) is 0 Å². The number of amides is 1. The average molecular weight is 350 g/mol. The van der Waals surface area contributed by atoms with Crippen molar-refractivity contribution in [2.75, 3.05) is 5.32 Å². The summed E-state index contributed by atoms with van der Waals surface area (Å²) < 4.78 is 13.0. The Balaban J connectivity index is 1.76. The molecule has 2 N–H and O–H groups in total. The Bertz CT molecular complexity index is 897. The molecule has 0 saturated carbocycles. The van der Waals surface area contributed by atoms with Crippen LogP contribution < -0.4 is 10.6 Å². The van der Waals surface area contributed by atoms with Crippen LogP contribution in [0, 0.1) is 12.7 Å². The minimum Gasteiger partial charge on any atom is -0.344 e. The second-order valence-corrected chi connectivity index (χ2v) is 5.96. The molecule has 1 amide bonds. The number of nitrogens with zero attached hydrogens (tertiary/aromatic N) is 2. The number of hydrogen-bond acceptors (Lipinski definition) is 4. The molecule has 0 radical (unpaired) electrons. The first-order valence-corrected chi connectivity index (χ1v) is 8.25. The molecule has 3 rings (SSSR count). The molecule has 1 atom stereocenters. The number of nitrogens with one attached hydrogen (secondary N) is 2. The van der Waals surface area contributed by atoms with Crippen molar-refractivity contribution >= 4 is 17.5 Å². The Morgan fingerprint density at radius 3 is 2.42 bits per heavy atom. The van der Waals surface area contributed by atoms with E-state index in [0.717, 1.165) is 5.56 Å². The largest absolute Gasteiger partial charge is 0.344 e. The maximum atomic E-state index is 13.0. The lowest BCUT2D eigenvalue weighted by atomic mass is 10.1. The molecule has 0 spiro atoms. The fourth-order valence-electron chi connectivity index (χ4n) is 2.50. The third-order valence-corrected chi connectivity index (χ3v) is 3.83. The smallest absolute Gasteiger partial charge is 0.270 e. The maximum absolute atomic E-state index is 13.0. The van der Waals surface area contributed by atoms with E-state index in [4.69, 9.17) is 0 Å². The summed E-state index contributed by atoms with van der Waals surface area (Å²) in [5.74, 6) is -0.321. The van der Waals surface area contributed by atoms with Crippen molar-refractivity contribution in [3.63, 3.8) is 0 Å². The Labute approximate surface area is 151 Å². The molecule has 5 nitrogen and oxygen atoms in total. The Morgan fingerprint density at radius 2 is 1.73 bits per heavy atom. The van der Waals surface area contributed by atoms with E-state index in [9.17, 15) is 9.18 Å². The lowest BCUT2D eigenvalue weighted by Crippen LogP contribution is -2.27. The highest BCUT2D eigenvalue weighted by molar-refractivity contribution is 5.93. The normalized spacial score (nSPS) is 11.7. The van der Waals surface area contributed by atoms with Crippen LogP contribution in [0.15, 0.2) is 60.7 Å². The van der Waals surface area contributed by atoms with Crippen LogP contribution >= 0.6 is 0 Å². The first kappa shape index (κ1) is 17.5. The summed E-state index contributed by atoms with van der Waals surface area (Å²) in [6, 6.07) is 17.0. The number of halogens is 1. The number of hydrogen-bond donors (Lipinski definition) is 2. The summed E-state index contributed by atoms with van der Waals surface area (Å²) >= 11 is 0. The molecule has 3 aromatic rings. The fraction of sp³-hybridized carbons (Fsp3) is 0.150. The van der Waals surface area contributed by atoms with Gasteiger partial charge in [-0.3, -0.25) is 4.79 Å². The van der Waals surface area contributed by atoms with Crippen molar-refractivity contribution in [2.45, 2.75) is 19.9 Å². The minimum atomic E-state index is -0.323. The molecule has 0 saturated heterocycles. The molecular formula is C20H19FN4O. The Hall–Kier alpha value is -3.28. The van der Waals surface area contributed by atoms with Gasteiger partial charge in [0.05, 0.1) is 6.04 Å². The van der Waals surface area contributed by atoms with Gasteiger partial charge in [-0.25, -0.2) is 14.4 Å². The standard InChI is InChI=1S/C20H19FN4O/c1-13-12-18(19(26)23-14(2)15-6-4-3-5-7-15)25-20(22-13)24-17-10-8-16(21)9-11-17/h3-12,14H,1-2H3,(H,23,26)(H,22,24,25). The van der Waals surface area contributed by atoms with Crippen LogP contribution in [-0.4, -0.2) is 15.9 Å². The summed E-state index contributed by atoms with van der Waals surface area (Å²) in [4.78, 5) is 21.1. The quantitative estimate of drug-likeness (QED) is 0.725. The third kappa shape index (κ3) is 4.42.